The molecule has 0 aliphatic carbocycles. The van der Waals surface area contributed by atoms with Crippen LogP contribution in [0.4, 0.5) is 0 Å². The van der Waals surface area contributed by atoms with Crippen LogP contribution in [0, 0.1) is 0 Å². The first-order valence-electron chi connectivity index (χ1n) is 4.88. The van der Waals surface area contributed by atoms with Crippen LogP contribution in [0.25, 0.3) is 0 Å². The van der Waals surface area contributed by atoms with E-state index < -0.39 is 5.91 Å². The summed E-state index contributed by atoms with van der Waals surface area (Å²) in [5, 5.41) is 0. The minimum absolute atomic E-state index is 0.181. The number of amidine groups is 1. The Labute approximate surface area is 96.8 Å². The molecule has 1 aromatic heterocycles. The number of aliphatic imine (C=N–C) groups is 2. The largest absolute Gasteiger partial charge is 0.462 e. The summed E-state index contributed by atoms with van der Waals surface area (Å²) in [5.41, 5.74) is 5.37. The Morgan fingerprint density at radius 3 is 3.18 bits per heavy atom. The van der Waals surface area contributed by atoms with Crippen molar-refractivity contribution in [3.63, 3.8) is 0 Å². The maximum Gasteiger partial charge on any atom is 0.304 e. The number of aromatic nitrogens is 2. The Bertz CT molecular complexity index is 444. The van der Waals surface area contributed by atoms with Crippen LogP contribution in [0.15, 0.2) is 28.6 Å². The van der Waals surface area contributed by atoms with Gasteiger partial charge in [0.05, 0.1) is 12.7 Å². The summed E-state index contributed by atoms with van der Waals surface area (Å²) in [4.78, 5) is 26.6. The van der Waals surface area contributed by atoms with Crippen LogP contribution in [0.5, 0.6) is 0 Å². The summed E-state index contributed by atoms with van der Waals surface area (Å²) in [5.74, 6) is -0.485. The van der Waals surface area contributed by atoms with E-state index in [1.165, 1.54) is 24.9 Å². The summed E-state index contributed by atoms with van der Waals surface area (Å²) in [6.07, 6.45) is 5.45. The molecule has 1 amide bonds. The number of ether oxygens (including phenoxy) is 1. The zero-order valence-corrected chi connectivity index (χ0v) is 8.83. The molecule has 0 saturated heterocycles. The molecular formula is C9H10N6O2. The van der Waals surface area contributed by atoms with Gasteiger partial charge in [-0.2, -0.15) is 4.99 Å². The smallest absolute Gasteiger partial charge is 0.304 e. The molecule has 0 atom stereocenters. The number of hydrazine groups is 1. The third-order valence-corrected chi connectivity index (χ3v) is 1.79. The molecule has 2 N–H and O–H groups in total. The molecular weight excluding hydrogens is 224 g/mol. The second kappa shape index (κ2) is 5.54. The van der Waals surface area contributed by atoms with E-state index in [9.17, 15) is 4.79 Å². The van der Waals surface area contributed by atoms with E-state index in [0.717, 1.165) is 0 Å². The number of carbonyl (C=O) groups excluding carboxylic acids is 1. The van der Waals surface area contributed by atoms with Crippen molar-refractivity contribution >= 4 is 18.3 Å². The summed E-state index contributed by atoms with van der Waals surface area (Å²) >= 11 is 0. The van der Waals surface area contributed by atoms with Gasteiger partial charge in [0.1, 0.15) is 18.6 Å². The lowest BCUT2D eigenvalue weighted by Gasteiger charge is -2.02. The van der Waals surface area contributed by atoms with Crippen molar-refractivity contribution in [2.75, 3.05) is 13.2 Å². The summed E-state index contributed by atoms with van der Waals surface area (Å²) in [7, 11) is 0. The zero-order chi connectivity index (χ0) is 11.9. The number of carbonyl (C=O) groups is 1. The van der Waals surface area contributed by atoms with Gasteiger partial charge in [-0.1, -0.05) is 0 Å². The number of hydrogen-bond acceptors (Lipinski definition) is 6. The highest BCUT2D eigenvalue weighted by Gasteiger charge is 2.05. The van der Waals surface area contributed by atoms with Gasteiger partial charge in [0, 0.05) is 12.4 Å². The van der Waals surface area contributed by atoms with Gasteiger partial charge in [0.15, 0.2) is 0 Å². The highest BCUT2D eigenvalue weighted by atomic mass is 16.5. The number of rotatable bonds is 3. The molecule has 0 spiro atoms. The van der Waals surface area contributed by atoms with Crippen LogP contribution >= 0.6 is 0 Å². The average molecular weight is 234 g/mol. The number of amides is 1. The van der Waals surface area contributed by atoms with Crippen LogP contribution in [0.3, 0.4) is 0 Å². The van der Waals surface area contributed by atoms with Crippen LogP contribution < -0.4 is 10.9 Å². The molecule has 2 heterocycles. The molecule has 0 saturated carbocycles. The van der Waals surface area contributed by atoms with Crippen LogP contribution in [-0.2, 0) is 4.74 Å². The topological polar surface area (TPSA) is 101 Å². The van der Waals surface area contributed by atoms with E-state index in [2.05, 4.69) is 30.8 Å². The van der Waals surface area contributed by atoms with Gasteiger partial charge in [0.2, 0.25) is 0 Å². The lowest BCUT2D eigenvalue weighted by atomic mass is 10.4. The highest BCUT2D eigenvalue weighted by Crippen LogP contribution is 1.92. The Morgan fingerprint density at radius 2 is 2.47 bits per heavy atom. The fraction of sp³-hybridized carbons (Fsp3) is 0.222. The predicted molar refractivity (Wildman–Crippen MR) is 59.4 cm³/mol. The molecule has 0 bridgehead atoms. The van der Waals surface area contributed by atoms with Gasteiger partial charge in [-0.3, -0.25) is 20.6 Å². The molecule has 8 heteroatoms. The lowest BCUT2D eigenvalue weighted by Crippen LogP contribution is -2.36. The van der Waals surface area contributed by atoms with Crippen LogP contribution in [0.2, 0.25) is 0 Å². The van der Waals surface area contributed by atoms with E-state index in [-0.39, 0.29) is 5.69 Å². The van der Waals surface area contributed by atoms with Gasteiger partial charge in [-0.25, -0.2) is 9.98 Å². The van der Waals surface area contributed by atoms with E-state index in [4.69, 9.17) is 4.74 Å². The van der Waals surface area contributed by atoms with Crippen molar-refractivity contribution in [2.24, 2.45) is 9.98 Å². The van der Waals surface area contributed by atoms with Crippen molar-refractivity contribution in [1.82, 2.24) is 20.8 Å². The Hall–Kier alpha value is -2.51. The lowest BCUT2D eigenvalue weighted by molar-refractivity contribution is 0.0998. The molecule has 2 rings (SSSR count). The fourth-order valence-electron chi connectivity index (χ4n) is 1.07. The number of nitrogens with zero attached hydrogens (tertiary/aromatic N) is 4. The number of nitrogens with one attached hydrogen (secondary N) is 2. The van der Waals surface area contributed by atoms with E-state index >= 15 is 0 Å². The van der Waals surface area contributed by atoms with Gasteiger partial charge < -0.3 is 4.74 Å². The van der Waals surface area contributed by atoms with Gasteiger partial charge in [-0.05, 0) is 0 Å². The van der Waals surface area contributed by atoms with E-state index in [1.807, 2.05) is 0 Å². The van der Waals surface area contributed by atoms with Crippen LogP contribution in [-0.4, -0.2) is 41.4 Å². The van der Waals surface area contributed by atoms with Gasteiger partial charge in [-0.15, -0.1) is 0 Å². The van der Waals surface area contributed by atoms with E-state index in [0.29, 0.717) is 19.2 Å². The van der Waals surface area contributed by atoms with Gasteiger partial charge >= 0.3 is 6.02 Å². The first kappa shape index (κ1) is 11.0. The van der Waals surface area contributed by atoms with Crippen molar-refractivity contribution in [2.45, 2.75) is 0 Å². The van der Waals surface area contributed by atoms with Crippen molar-refractivity contribution in [3.05, 3.63) is 24.3 Å². The molecule has 1 aliphatic rings. The van der Waals surface area contributed by atoms with E-state index in [1.54, 1.807) is 0 Å². The fourth-order valence-corrected chi connectivity index (χ4v) is 1.07. The third kappa shape index (κ3) is 3.23. The molecule has 0 fully saturated rings. The summed E-state index contributed by atoms with van der Waals surface area (Å²) in [6, 6.07) is 0.378. The first-order valence-corrected chi connectivity index (χ1v) is 4.88. The van der Waals surface area contributed by atoms with Crippen molar-refractivity contribution in [1.29, 1.82) is 0 Å². The molecule has 8 nitrogen and oxygen atoms in total. The standard InChI is InChI=1S/C9H10N6O2/c16-8(7-5-10-1-2-11-7)13-6-14-15-9-12-3-4-17-9/h1-2,5-6H,3-4H2,(H,12,15)(H,13,14,16). The molecule has 88 valence electrons. The van der Waals surface area contributed by atoms with Crippen molar-refractivity contribution in [3.8, 4) is 0 Å². The molecule has 1 aliphatic heterocycles. The normalized spacial score (nSPS) is 14.2. The van der Waals surface area contributed by atoms with Gasteiger partial charge in [0.25, 0.3) is 5.91 Å². The second-order valence-electron chi connectivity index (χ2n) is 2.96. The molecule has 0 unspecified atom stereocenters. The quantitative estimate of drug-likeness (QED) is 0.400. The summed E-state index contributed by atoms with van der Waals surface area (Å²) < 4.78 is 5.05. The average Bonchev–Trinajstić information content (AvgIpc) is 2.88. The van der Waals surface area contributed by atoms with Crippen LogP contribution in [0.1, 0.15) is 10.5 Å². The number of hydrogen-bond donors (Lipinski definition) is 2. The molecule has 1 aromatic rings. The SMILES string of the molecule is O=C(N=CNNC1=NCCO1)c1cnccn1. The molecule has 0 radical (unpaired) electrons. The maximum atomic E-state index is 11.4. The second-order valence-corrected chi connectivity index (χ2v) is 2.96. The Kier molecular flexibility index (Phi) is 3.58. The summed E-state index contributed by atoms with van der Waals surface area (Å²) in [6.45, 7) is 1.18. The zero-order valence-electron chi connectivity index (χ0n) is 8.83. The molecule has 0 aromatic carbocycles. The first-order chi connectivity index (χ1) is 8.36. The minimum atomic E-state index is -0.485. The maximum absolute atomic E-state index is 11.4. The monoisotopic (exact) mass is 234 g/mol. The third-order valence-electron chi connectivity index (χ3n) is 1.79. The highest BCUT2D eigenvalue weighted by molar-refractivity contribution is 5.96. The Balaban J connectivity index is 1.78. The van der Waals surface area contributed by atoms with Crippen molar-refractivity contribution < 1.29 is 9.53 Å². The molecule has 17 heavy (non-hydrogen) atoms. The minimum Gasteiger partial charge on any atom is -0.462 e. The predicted octanol–water partition coefficient (Wildman–Crippen LogP) is -0.875. The Morgan fingerprint density at radius 1 is 1.53 bits per heavy atom.